The van der Waals surface area contributed by atoms with E-state index in [0.29, 0.717) is 18.8 Å². The van der Waals surface area contributed by atoms with Gasteiger partial charge < -0.3 is 121 Å². The molecular formula is C69H125N3O26. The summed E-state index contributed by atoms with van der Waals surface area (Å²) in [5.74, 6) is -13.2. The number of rotatable bonds is 54. The third-order valence-corrected chi connectivity index (χ3v) is 18.7. The maximum Gasteiger partial charge on any atom is 0.364 e. The molecule has 0 aromatic carbocycles. The Balaban J connectivity index is 1.80. The van der Waals surface area contributed by atoms with Crippen molar-refractivity contribution in [2.45, 2.75) is 355 Å². The number of ether oxygens (including phenoxy) is 6. The SMILES string of the molecule is CCCCCCCCCCCCCCCCCCCCCC[C@@H](O)C(=O)N[C@@H](CO[C@@H]1O[C@H](CO[C@]2(C(=O)O)C[C@H](O[C@]3(C(=O)O)C[C@H](O)[C@@H](NC(=O)CO)[C@H]([C@H](O)[C@H](O)CO)O3)[C@@H](NC(C)=O)[C@H]([C@H](O)[C@H](O)CO)O2)[C@@H](O)[C@H](O)[C@H]1O)[C@H](O)/C=C/CCCCCCCCCC(C)C. The highest BCUT2D eigenvalue weighted by atomic mass is 16.8. The number of carboxylic acids is 2. The van der Waals surface area contributed by atoms with Crippen LogP contribution < -0.4 is 16.0 Å². The molecule has 29 heteroatoms. The Labute approximate surface area is 578 Å². The number of carbonyl (C=O) groups is 5. The summed E-state index contributed by atoms with van der Waals surface area (Å²) >= 11 is 0. The number of nitrogens with one attached hydrogen (secondary N) is 3. The summed E-state index contributed by atoms with van der Waals surface area (Å²) < 4.78 is 35.2. The molecule has 0 aromatic rings. The van der Waals surface area contributed by atoms with Crippen molar-refractivity contribution in [3.63, 3.8) is 0 Å². The molecule has 18 N–H and O–H groups in total. The van der Waals surface area contributed by atoms with Gasteiger partial charge in [0.15, 0.2) is 6.29 Å². The van der Waals surface area contributed by atoms with Gasteiger partial charge in [-0.3, -0.25) is 14.4 Å². The second kappa shape index (κ2) is 48.3. The summed E-state index contributed by atoms with van der Waals surface area (Å²) in [6, 6.07) is -5.14. The molecule has 98 heavy (non-hydrogen) atoms. The minimum atomic E-state index is -3.31. The number of carboxylic acid groups (broad SMARTS) is 2. The Hall–Kier alpha value is -3.67. The van der Waals surface area contributed by atoms with Crippen molar-refractivity contribution < 1.29 is 129 Å². The van der Waals surface area contributed by atoms with Crippen molar-refractivity contribution in [1.82, 2.24) is 16.0 Å². The van der Waals surface area contributed by atoms with Crippen LogP contribution in [0.3, 0.4) is 0 Å². The average Bonchev–Trinajstić information content (AvgIpc) is 0.747. The van der Waals surface area contributed by atoms with Gasteiger partial charge in [0.25, 0.3) is 11.6 Å². The first-order chi connectivity index (χ1) is 46.7. The van der Waals surface area contributed by atoms with E-state index in [1.807, 2.05) is 0 Å². The van der Waals surface area contributed by atoms with Crippen LogP contribution in [0.5, 0.6) is 0 Å². The minimum absolute atomic E-state index is 0.119. The monoisotopic (exact) mass is 1410 g/mol. The topological polar surface area (TPSA) is 480 Å². The van der Waals surface area contributed by atoms with Gasteiger partial charge in [-0.1, -0.05) is 206 Å². The molecule has 3 heterocycles. The van der Waals surface area contributed by atoms with Crippen LogP contribution in [0.15, 0.2) is 12.2 Å². The van der Waals surface area contributed by atoms with E-state index in [4.69, 9.17) is 28.4 Å². The lowest BCUT2D eigenvalue weighted by molar-refractivity contribution is -0.365. The zero-order chi connectivity index (χ0) is 72.8. The quantitative estimate of drug-likeness (QED) is 0.0307. The van der Waals surface area contributed by atoms with Crippen molar-refractivity contribution in [3.05, 3.63) is 12.2 Å². The van der Waals surface area contributed by atoms with Gasteiger partial charge in [-0.15, -0.1) is 0 Å². The molecule has 0 bridgehead atoms. The molecule has 0 saturated carbocycles. The fourth-order valence-corrected chi connectivity index (χ4v) is 12.8. The number of aliphatic hydroxyl groups is 13. The molecule has 0 aromatic heterocycles. The van der Waals surface area contributed by atoms with Crippen molar-refractivity contribution in [1.29, 1.82) is 0 Å². The van der Waals surface area contributed by atoms with Gasteiger partial charge in [-0.25, -0.2) is 9.59 Å². The lowest BCUT2D eigenvalue weighted by Gasteiger charge is -2.52. The minimum Gasteiger partial charge on any atom is -0.477 e. The van der Waals surface area contributed by atoms with Gasteiger partial charge in [0, 0.05) is 19.8 Å². The van der Waals surface area contributed by atoms with Gasteiger partial charge in [-0.2, -0.15) is 0 Å². The number of hydrogen-bond donors (Lipinski definition) is 18. The van der Waals surface area contributed by atoms with E-state index in [1.54, 1.807) is 6.08 Å². The number of aliphatic hydroxyl groups excluding tert-OH is 13. The van der Waals surface area contributed by atoms with Crippen LogP contribution in [0.1, 0.15) is 233 Å². The first-order valence-electron chi connectivity index (χ1n) is 36.3. The van der Waals surface area contributed by atoms with E-state index in [2.05, 4.69) is 36.7 Å². The molecule has 3 rings (SSSR count). The molecule has 3 fully saturated rings. The Kier molecular flexibility index (Phi) is 43.7. The van der Waals surface area contributed by atoms with E-state index in [0.717, 1.165) is 71.1 Å². The third-order valence-electron chi connectivity index (χ3n) is 18.7. The average molecular weight is 1410 g/mol. The smallest absolute Gasteiger partial charge is 0.364 e. The maximum atomic E-state index is 13.6. The molecule has 0 aliphatic carbocycles. The molecule has 3 aliphatic heterocycles. The zero-order valence-corrected chi connectivity index (χ0v) is 58.5. The van der Waals surface area contributed by atoms with Crippen molar-refractivity contribution >= 4 is 29.7 Å². The van der Waals surface area contributed by atoms with E-state index >= 15 is 0 Å². The Bertz CT molecular complexity index is 2240. The number of allylic oxidation sites excluding steroid dienone is 1. The fraction of sp³-hybridized carbons (Fsp3) is 0.899. The van der Waals surface area contributed by atoms with Crippen LogP contribution in [-0.4, -0.2) is 261 Å². The Morgan fingerprint density at radius 1 is 0.582 bits per heavy atom. The van der Waals surface area contributed by atoms with Gasteiger partial charge in [0.1, 0.15) is 73.8 Å². The maximum absolute atomic E-state index is 13.6. The molecule has 0 radical (unpaired) electrons. The zero-order valence-electron chi connectivity index (χ0n) is 58.5. The van der Waals surface area contributed by atoms with Crippen LogP contribution >= 0.6 is 0 Å². The molecule has 3 aliphatic rings. The second-order valence-corrected chi connectivity index (χ2v) is 27.5. The van der Waals surface area contributed by atoms with Gasteiger partial charge >= 0.3 is 11.9 Å². The predicted octanol–water partition coefficient (Wildman–Crippen LogP) is 2.26. The lowest BCUT2D eigenvalue weighted by atomic mass is 9.86. The van der Waals surface area contributed by atoms with Crippen LogP contribution in [0.4, 0.5) is 0 Å². The van der Waals surface area contributed by atoms with Crippen molar-refractivity contribution in [2.75, 3.05) is 33.0 Å². The summed E-state index contributed by atoms with van der Waals surface area (Å²) in [6.45, 7) is 2.12. The Morgan fingerprint density at radius 2 is 1.05 bits per heavy atom. The van der Waals surface area contributed by atoms with Crippen LogP contribution in [0, 0.1) is 5.92 Å². The molecular weight excluding hydrogens is 1290 g/mol. The normalized spacial score (nSPS) is 28.2. The highest BCUT2D eigenvalue weighted by Crippen LogP contribution is 2.42. The summed E-state index contributed by atoms with van der Waals surface area (Å²) in [6.07, 6.45) is 2.73. The molecule has 29 nitrogen and oxygen atoms in total. The van der Waals surface area contributed by atoms with E-state index in [-0.39, 0.29) is 6.42 Å². The third kappa shape index (κ3) is 30.7. The van der Waals surface area contributed by atoms with E-state index in [9.17, 15) is 101 Å². The first kappa shape index (κ1) is 88.5. The molecule has 3 saturated heterocycles. The number of unbranched alkanes of at least 4 members (excludes halogenated alkanes) is 26. The lowest BCUT2D eigenvalue weighted by Crippen LogP contribution is -2.72. The predicted molar refractivity (Wildman–Crippen MR) is 356 cm³/mol. The molecule has 572 valence electrons. The van der Waals surface area contributed by atoms with Crippen LogP contribution in [-0.2, 0) is 52.4 Å². The number of amides is 3. The second-order valence-electron chi connectivity index (χ2n) is 27.5. The van der Waals surface area contributed by atoms with E-state index < -0.39 is 197 Å². The van der Waals surface area contributed by atoms with E-state index in [1.165, 1.54) is 115 Å². The molecule has 0 spiro atoms. The highest BCUT2D eigenvalue weighted by Gasteiger charge is 2.63. The van der Waals surface area contributed by atoms with Gasteiger partial charge in [0.05, 0.1) is 62.9 Å². The fourth-order valence-electron chi connectivity index (χ4n) is 12.8. The summed E-state index contributed by atoms with van der Waals surface area (Å²) in [5.41, 5.74) is 0. The number of aliphatic carboxylic acids is 2. The Morgan fingerprint density at radius 3 is 1.52 bits per heavy atom. The van der Waals surface area contributed by atoms with Gasteiger partial charge in [-0.05, 0) is 25.2 Å². The largest absolute Gasteiger partial charge is 0.477 e. The number of hydrogen-bond acceptors (Lipinski definition) is 24. The molecule has 20 atom stereocenters. The highest BCUT2D eigenvalue weighted by molar-refractivity contribution is 5.81. The summed E-state index contributed by atoms with van der Waals surface area (Å²) in [5, 5.41) is 170. The van der Waals surface area contributed by atoms with Gasteiger partial charge in [0.2, 0.25) is 17.7 Å². The van der Waals surface area contributed by atoms with Crippen LogP contribution in [0.2, 0.25) is 0 Å². The number of carbonyl (C=O) groups excluding carboxylic acids is 3. The summed E-state index contributed by atoms with van der Waals surface area (Å²) in [4.78, 5) is 65.9. The van der Waals surface area contributed by atoms with Crippen LogP contribution in [0.25, 0.3) is 0 Å². The van der Waals surface area contributed by atoms with Crippen molar-refractivity contribution in [3.8, 4) is 0 Å². The molecule has 3 amide bonds. The van der Waals surface area contributed by atoms with Crippen molar-refractivity contribution in [2.24, 2.45) is 5.92 Å². The molecule has 0 unspecified atom stereocenters. The first-order valence-corrected chi connectivity index (χ1v) is 36.3. The standard InChI is InChI=1S/C69H125N3O26/c1-5-6-7-8-9-10-11-12-13-14-15-16-17-18-19-20-23-27-30-33-36-48(78)64(88)71-46(47(77)35-32-29-26-24-21-22-25-28-31-34-44(2)3)42-93-65-61(87)60(86)59(85)53(95-65)43-94-68(66(89)90)38-52(56(70-45(4)76)63(97-68)58(84)51(81)40-74)96-69(67(91)92)37-49(79)55(72-54(82)41-75)62(98-69)57(83)50(80)39-73/h32,35,44,46-53,55-63,65,73-75,77-81,83-87H,5-31,33-34,36-43H2,1-4H3,(H,70,76)(H,71,88)(H,72,82)(H,89,90)(H,91,92)/b35-32+/t46-,47+,48+,49-,50+,51+,52-,53+,55+,56+,57+,58+,59+,60-,61+,62+,63+,65+,68+,69+/m0/s1. The summed E-state index contributed by atoms with van der Waals surface area (Å²) in [7, 11) is 0.